The number of carboxylic acids is 1. The van der Waals surface area contributed by atoms with Crippen LogP contribution < -0.4 is 10.1 Å². The first-order valence-electron chi connectivity index (χ1n) is 5.53. The smallest absolute Gasteiger partial charge is 0.303 e. The van der Waals surface area contributed by atoms with Crippen LogP contribution in [0.4, 0.5) is 5.69 Å². The zero-order valence-electron chi connectivity index (χ0n) is 10.5. The van der Waals surface area contributed by atoms with E-state index in [9.17, 15) is 4.79 Å². The Hall–Kier alpha value is -1.71. The normalized spacial score (nSPS) is 11.0. The highest BCUT2D eigenvalue weighted by molar-refractivity contribution is 5.67. The Morgan fingerprint density at radius 2 is 2.06 bits per heavy atom. The number of methoxy groups -OCH3 is 1. The summed E-state index contributed by atoms with van der Waals surface area (Å²) in [4.78, 5) is 10.7. The molecule has 0 fully saturated rings. The molecule has 0 radical (unpaired) electrons. The maximum Gasteiger partial charge on any atom is 0.303 e. The molecule has 1 aromatic carbocycles. The van der Waals surface area contributed by atoms with Gasteiger partial charge in [-0.2, -0.15) is 0 Å². The minimum Gasteiger partial charge on any atom is -0.495 e. The fourth-order valence-electron chi connectivity index (χ4n) is 1.60. The highest BCUT2D eigenvalue weighted by Crippen LogP contribution is 2.26. The SMILES string of the molecule is COc1ccccc1NCC(C)(C)CC(=O)O. The third-order valence-corrected chi connectivity index (χ3v) is 2.49. The first-order valence-corrected chi connectivity index (χ1v) is 5.53. The number of para-hydroxylation sites is 2. The largest absolute Gasteiger partial charge is 0.495 e. The summed E-state index contributed by atoms with van der Waals surface area (Å²) in [6.07, 6.45) is 0.134. The van der Waals surface area contributed by atoms with E-state index in [1.165, 1.54) is 0 Å². The van der Waals surface area contributed by atoms with Crippen molar-refractivity contribution in [2.75, 3.05) is 19.0 Å². The fraction of sp³-hybridized carbons (Fsp3) is 0.462. The topological polar surface area (TPSA) is 58.6 Å². The molecule has 4 heteroatoms. The lowest BCUT2D eigenvalue weighted by Crippen LogP contribution is -2.26. The van der Waals surface area contributed by atoms with E-state index in [4.69, 9.17) is 9.84 Å². The van der Waals surface area contributed by atoms with E-state index in [0.717, 1.165) is 11.4 Å². The van der Waals surface area contributed by atoms with E-state index in [2.05, 4.69) is 5.32 Å². The second kappa shape index (κ2) is 5.57. The van der Waals surface area contributed by atoms with Gasteiger partial charge in [-0.25, -0.2) is 0 Å². The molecule has 0 spiro atoms. The molecule has 0 aromatic heterocycles. The second-order valence-corrected chi connectivity index (χ2v) is 4.79. The van der Waals surface area contributed by atoms with Crippen molar-refractivity contribution < 1.29 is 14.6 Å². The average molecular weight is 237 g/mol. The summed E-state index contributed by atoms with van der Waals surface area (Å²) in [5.74, 6) is -0.0181. The molecule has 17 heavy (non-hydrogen) atoms. The van der Waals surface area contributed by atoms with Crippen molar-refractivity contribution in [2.24, 2.45) is 5.41 Å². The van der Waals surface area contributed by atoms with Gasteiger partial charge in [0.25, 0.3) is 0 Å². The maximum absolute atomic E-state index is 10.7. The van der Waals surface area contributed by atoms with Crippen molar-refractivity contribution in [2.45, 2.75) is 20.3 Å². The molecule has 0 atom stereocenters. The molecule has 4 nitrogen and oxygen atoms in total. The van der Waals surface area contributed by atoms with Gasteiger partial charge < -0.3 is 15.2 Å². The standard InChI is InChI=1S/C13H19NO3/c1-13(2,8-12(15)16)9-14-10-6-4-5-7-11(10)17-3/h4-7,14H,8-9H2,1-3H3,(H,15,16). The van der Waals surface area contributed by atoms with Gasteiger partial charge >= 0.3 is 5.97 Å². The minimum atomic E-state index is -0.781. The van der Waals surface area contributed by atoms with Crippen LogP contribution >= 0.6 is 0 Å². The molecule has 0 amide bonds. The van der Waals surface area contributed by atoms with Gasteiger partial charge in [0.1, 0.15) is 5.75 Å². The van der Waals surface area contributed by atoms with Crippen LogP contribution in [0.2, 0.25) is 0 Å². The monoisotopic (exact) mass is 237 g/mol. The Morgan fingerprint density at radius 3 is 2.65 bits per heavy atom. The van der Waals surface area contributed by atoms with Crippen LogP contribution in [0.3, 0.4) is 0 Å². The van der Waals surface area contributed by atoms with Crippen LogP contribution in [0.25, 0.3) is 0 Å². The first kappa shape index (κ1) is 13.4. The van der Waals surface area contributed by atoms with E-state index < -0.39 is 5.97 Å². The lowest BCUT2D eigenvalue weighted by Gasteiger charge is -2.24. The molecule has 0 aliphatic carbocycles. The Labute approximate surface area is 102 Å². The summed E-state index contributed by atoms with van der Waals surface area (Å²) >= 11 is 0. The molecular formula is C13H19NO3. The molecule has 94 valence electrons. The quantitative estimate of drug-likeness (QED) is 0.798. The molecular weight excluding hydrogens is 218 g/mol. The number of ether oxygens (including phenoxy) is 1. The van der Waals surface area contributed by atoms with Crippen LogP contribution in [0.5, 0.6) is 5.75 Å². The zero-order valence-corrected chi connectivity index (χ0v) is 10.5. The summed E-state index contributed by atoms with van der Waals surface area (Å²) in [6, 6.07) is 7.59. The highest BCUT2D eigenvalue weighted by atomic mass is 16.5. The van der Waals surface area contributed by atoms with Crippen molar-refractivity contribution in [3.63, 3.8) is 0 Å². The highest BCUT2D eigenvalue weighted by Gasteiger charge is 2.21. The number of benzene rings is 1. The number of aliphatic carboxylic acids is 1. The van der Waals surface area contributed by atoms with Crippen molar-refractivity contribution >= 4 is 11.7 Å². The van der Waals surface area contributed by atoms with Crippen LogP contribution in [-0.2, 0) is 4.79 Å². The number of rotatable bonds is 6. The van der Waals surface area contributed by atoms with Crippen LogP contribution in [0.1, 0.15) is 20.3 Å². The number of hydrogen-bond acceptors (Lipinski definition) is 3. The van der Waals surface area contributed by atoms with Crippen LogP contribution in [0, 0.1) is 5.41 Å². The zero-order chi connectivity index (χ0) is 12.9. The molecule has 0 unspecified atom stereocenters. The molecule has 0 aliphatic heterocycles. The Kier molecular flexibility index (Phi) is 4.37. The van der Waals surface area contributed by atoms with Gasteiger partial charge in [-0.05, 0) is 17.5 Å². The van der Waals surface area contributed by atoms with Gasteiger partial charge in [0.05, 0.1) is 19.2 Å². The average Bonchev–Trinajstić information content (AvgIpc) is 2.25. The van der Waals surface area contributed by atoms with E-state index >= 15 is 0 Å². The van der Waals surface area contributed by atoms with Crippen molar-refractivity contribution in [1.29, 1.82) is 0 Å². The van der Waals surface area contributed by atoms with Gasteiger partial charge in [-0.1, -0.05) is 26.0 Å². The van der Waals surface area contributed by atoms with Crippen molar-refractivity contribution in [3.8, 4) is 5.75 Å². The number of anilines is 1. The van der Waals surface area contributed by atoms with Gasteiger partial charge in [-0.15, -0.1) is 0 Å². The lowest BCUT2D eigenvalue weighted by molar-refractivity contribution is -0.139. The summed E-state index contributed by atoms with van der Waals surface area (Å²) < 4.78 is 5.21. The fourth-order valence-corrected chi connectivity index (χ4v) is 1.60. The predicted molar refractivity (Wildman–Crippen MR) is 67.5 cm³/mol. The van der Waals surface area contributed by atoms with E-state index in [1.807, 2.05) is 38.1 Å². The molecule has 0 aliphatic rings. The third kappa shape index (κ3) is 4.34. The van der Waals surface area contributed by atoms with Gasteiger partial charge in [-0.3, -0.25) is 4.79 Å². The summed E-state index contributed by atoms with van der Waals surface area (Å²) in [7, 11) is 1.61. The van der Waals surface area contributed by atoms with Crippen LogP contribution in [-0.4, -0.2) is 24.7 Å². The third-order valence-electron chi connectivity index (χ3n) is 2.49. The summed E-state index contributed by atoms with van der Waals surface area (Å²) in [5, 5.41) is 12.0. The molecule has 0 heterocycles. The molecule has 1 rings (SSSR count). The maximum atomic E-state index is 10.7. The number of nitrogens with one attached hydrogen (secondary N) is 1. The molecule has 2 N–H and O–H groups in total. The summed E-state index contributed by atoms with van der Waals surface area (Å²) in [5.41, 5.74) is 0.584. The molecule has 1 aromatic rings. The number of carboxylic acid groups (broad SMARTS) is 1. The Bertz CT molecular complexity index is 388. The van der Waals surface area contributed by atoms with Gasteiger partial charge in [0.15, 0.2) is 0 Å². The first-order chi connectivity index (χ1) is 7.94. The van der Waals surface area contributed by atoms with Gasteiger partial charge in [0.2, 0.25) is 0 Å². The minimum absolute atomic E-state index is 0.134. The molecule has 0 saturated carbocycles. The Balaban J connectivity index is 2.63. The van der Waals surface area contributed by atoms with Crippen LogP contribution in [0.15, 0.2) is 24.3 Å². The Morgan fingerprint density at radius 1 is 1.41 bits per heavy atom. The van der Waals surface area contributed by atoms with E-state index in [0.29, 0.717) is 6.54 Å². The molecule has 0 bridgehead atoms. The van der Waals surface area contributed by atoms with E-state index in [1.54, 1.807) is 7.11 Å². The number of carbonyl (C=O) groups is 1. The summed E-state index contributed by atoms with van der Waals surface area (Å²) in [6.45, 7) is 4.42. The van der Waals surface area contributed by atoms with Crippen molar-refractivity contribution in [3.05, 3.63) is 24.3 Å². The number of hydrogen-bond donors (Lipinski definition) is 2. The predicted octanol–water partition coefficient (Wildman–Crippen LogP) is 2.61. The van der Waals surface area contributed by atoms with Crippen molar-refractivity contribution in [1.82, 2.24) is 0 Å². The second-order valence-electron chi connectivity index (χ2n) is 4.79. The van der Waals surface area contributed by atoms with Gasteiger partial charge in [0, 0.05) is 6.54 Å². The lowest BCUT2D eigenvalue weighted by atomic mass is 9.89. The molecule has 0 saturated heterocycles. The van der Waals surface area contributed by atoms with E-state index in [-0.39, 0.29) is 11.8 Å².